The highest BCUT2D eigenvalue weighted by Crippen LogP contribution is 2.17. The highest BCUT2D eigenvalue weighted by Gasteiger charge is 2.14. The normalized spacial score (nSPS) is 11.7. The van der Waals surface area contributed by atoms with Crippen LogP contribution in [-0.4, -0.2) is 15.5 Å². The van der Waals surface area contributed by atoms with Crippen LogP contribution < -0.4 is 4.72 Å². The zero-order chi connectivity index (χ0) is 10.9. The summed E-state index contributed by atoms with van der Waals surface area (Å²) >= 11 is 0. The van der Waals surface area contributed by atoms with Crippen LogP contribution in [-0.2, 0) is 10.0 Å². The van der Waals surface area contributed by atoms with E-state index < -0.39 is 10.0 Å². The largest absolute Gasteiger partial charge is 0.240 e. The second kappa shape index (κ2) is 3.67. The van der Waals surface area contributed by atoms with Crippen molar-refractivity contribution in [3.05, 3.63) is 29.1 Å². The Kier molecular flexibility index (Phi) is 2.92. The Morgan fingerprint density at radius 3 is 2.00 bits per heavy atom. The molecule has 0 saturated carbocycles. The number of aryl methyl sites for hydroxylation is 2. The zero-order valence-electron chi connectivity index (χ0n) is 8.26. The lowest BCUT2D eigenvalue weighted by atomic mass is 10.1. The van der Waals surface area contributed by atoms with Gasteiger partial charge in [0.1, 0.15) is 5.82 Å². The standard InChI is InChI=1S/C9H12FNO2S/c1-6-4-8(14(12,13)11-3)5-7(2)9(6)10/h4-5,11H,1-3H3. The van der Waals surface area contributed by atoms with E-state index in [1.807, 2.05) is 0 Å². The summed E-state index contributed by atoms with van der Waals surface area (Å²) in [6.07, 6.45) is 0. The summed E-state index contributed by atoms with van der Waals surface area (Å²) < 4.78 is 38.1. The van der Waals surface area contributed by atoms with E-state index in [2.05, 4.69) is 4.72 Å². The summed E-state index contributed by atoms with van der Waals surface area (Å²) in [5, 5.41) is 0. The van der Waals surface area contributed by atoms with Gasteiger partial charge in [-0.05, 0) is 44.2 Å². The first-order valence-corrected chi connectivity index (χ1v) is 5.57. The minimum Gasteiger partial charge on any atom is -0.214 e. The molecule has 0 unspecified atom stereocenters. The number of benzene rings is 1. The quantitative estimate of drug-likeness (QED) is 0.812. The lowest BCUT2D eigenvalue weighted by Gasteiger charge is -2.06. The molecule has 0 aliphatic rings. The Hall–Kier alpha value is -0.940. The Bertz CT molecular complexity index is 431. The number of nitrogens with one attached hydrogen (secondary N) is 1. The topological polar surface area (TPSA) is 46.2 Å². The fourth-order valence-corrected chi connectivity index (χ4v) is 2.08. The van der Waals surface area contributed by atoms with Gasteiger partial charge in [-0.2, -0.15) is 0 Å². The van der Waals surface area contributed by atoms with E-state index in [-0.39, 0.29) is 10.7 Å². The van der Waals surface area contributed by atoms with Crippen LogP contribution in [0.15, 0.2) is 17.0 Å². The third-order valence-corrected chi connectivity index (χ3v) is 3.38. The van der Waals surface area contributed by atoms with Gasteiger partial charge in [0, 0.05) is 0 Å². The molecular weight excluding hydrogens is 205 g/mol. The molecule has 0 aliphatic carbocycles. The van der Waals surface area contributed by atoms with Crippen LogP contribution in [0.2, 0.25) is 0 Å². The van der Waals surface area contributed by atoms with Gasteiger partial charge in [0.2, 0.25) is 10.0 Å². The molecule has 78 valence electrons. The SMILES string of the molecule is CNS(=O)(=O)c1cc(C)c(F)c(C)c1. The van der Waals surface area contributed by atoms with Crippen molar-refractivity contribution in [1.29, 1.82) is 0 Å². The fraction of sp³-hybridized carbons (Fsp3) is 0.333. The smallest absolute Gasteiger partial charge is 0.214 e. The molecule has 1 N–H and O–H groups in total. The molecule has 0 amide bonds. The van der Waals surface area contributed by atoms with Crippen molar-refractivity contribution < 1.29 is 12.8 Å². The minimum absolute atomic E-state index is 0.0939. The predicted molar refractivity (Wildman–Crippen MR) is 52.1 cm³/mol. The van der Waals surface area contributed by atoms with Crippen LogP contribution in [0.1, 0.15) is 11.1 Å². The number of hydrogen-bond donors (Lipinski definition) is 1. The van der Waals surface area contributed by atoms with Crippen molar-refractivity contribution in [3.8, 4) is 0 Å². The Morgan fingerprint density at radius 1 is 1.21 bits per heavy atom. The molecule has 5 heteroatoms. The molecule has 0 spiro atoms. The Balaban J connectivity index is 3.41. The third-order valence-electron chi connectivity index (χ3n) is 1.99. The van der Waals surface area contributed by atoms with Gasteiger partial charge in [-0.15, -0.1) is 0 Å². The van der Waals surface area contributed by atoms with E-state index in [1.165, 1.54) is 33.0 Å². The van der Waals surface area contributed by atoms with Gasteiger partial charge in [-0.25, -0.2) is 17.5 Å². The summed E-state index contributed by atoms with van der Waals surface area (Å²) in [5.41, 5.74) is 0.664. The molecule has 0 heterocycles. The number of sulfonamides is 1. The van der Waals surface area contributed by atoms with Crippen molar-refractivity contribution in [1.82, 2.24) is 4.72 Å². The molecule has 0 radical (unpaired) electrons. The first-order valence-electron chi connectivity index (χ1n) is 4.09. The molecule has 0 aliphatic heterocycles. The average Bonchev–Trinajstić information content (AvgIpc) is 2.13. The van der Waals surface area contributed by atoms with Crippen LogP contribution in [0.5, 0.6) is 0 Å². The number of halogens is 1. The molecule has 1 rings (SSSR count). The van der Waals surface area contributed by atoms with E-state index in [0.29, 0.717) is 11.1 Å². The maximum atomic E-state index is 13.2. The van der Waals surface area contributed by atoms with E-state index in [4.69, 9.17) is 0 Å². The minimum atomic E-state index is -3.48. The van der Waals surface area contributed by atoms with E-state index >= 15 is 0 Å². The first kappa shape index (κ1) is 11.1. The molecule has 0 fully saturated rings. The molecule has 0 atom stereocenters. The first-order chi connectivity index (χ1) is 6.38. The van der Waals surface area contributed by atoms with Crippen LogP contribution in [0.4, 0.5) is 4.39 Å². The zero-order valence-corrected chi connectivity index (χ0v) is 9.07. The molecule has 0 saturated heterocycles. The highest BCUT2D eigenvalue weighted by atomic mass is 32.2. The van der Waals surface area contributed by atoms with E-state index in [0.717, 1.165) is 0 Å². The maximum absolute atomic E-state index is 13.2. The third kappa shape index (κ3) is 1.93. The molecule has 3 nitrogen and oxygen atoms in total. The van der Waals surface area contributed by atoms with Crippen molar-refractivity contribution in [3.63, 3.8) is 0 Å². The lowest BCUT2D eigenvalue weighted by molar-refractivity contribution is 0.585. The lowest BCUT2D eigenvalue weighted by Crippen LogP contribution is -2.19. The molecule has 1 aromatic rings. The maximum Gasteiger partial charge on any atom is 0.240 e. The van der Waals surface area contributed by atoms with Gasteiger partial charge in [0.05, 0.1) is 4.90 Å². The predicted octanol–water partition coefficient (Wildman–Crippen LogP) is 1.35. The molecule has 14 heavy (non-hydrogen) atoms. The summed E-state index contributed by atoms with van der Waals surface area (Å²) in [4.78, 5) is 0.0939. The molecule has 0 bridgehead atoms. The second-order valence-corrected chi connectivity index (χ2v) is 4.97. The van der Waals surface area contributed by atoms with Gasteiger partial charge >= 0.3 is 0 Å². The van der Waals surface area contributed by atoms with Gasteiger partial charge in [-0.3, -0.25) is 0 Å². The summed E-state index contributed by atoms with van der Waals surface area (Å²) in [5.74, 6) is -0.361. The summed E-state index contributed by atoms with van der Waals surface area (Å²) in [6, 6.07) is 2.63. The Morgan fingerprint density at radius 2 is 1.64 bits per heavy atom. The molecule has 1 aromatic carbocycles. The number of hydrogen-bond acceptors (Lipinski definition) is 2. The Labute approximate surface area is 83.0 Å². The van der Waals surface area contributed by atoms with Crippen molar-refractivity contribution in [2.75, 3.05) is 7.05 Å². The van der Waals surface area contributed by atoms with Gasteiger partial charge in [0.25, 0.3) is 0 Å². The van der Waals surface area contributed by atoms with Gasteiger partial charge < -0.3 is 0 Å². The average molecular weight is 217 g/mol. The second-order valence-electron chi connectivity index (χ2n) is 3.08. The van der Waals surface area contributed by atoms with Crippen LogP contribution >= 0.6 is 0 Å². The van der Waals surface area contributed by atoms with Crippen molar-refractivity contribution in [2.45, 2.75) is 18.7 Å². The molecular formula is C9H12FNO2S. The van der Waals surface area contributed by atoms with Crippen molar-refractivity contribution >= 4 is 10.0 Å². The molecule has 0 aromatic heterocycles. The summed E-state index contributed by atoms with van der Waals surface area (Å²) in [7, 11) is -2.15. The monoisotopic (exact) mass is 217 g/mol. The van der Waals surface area contributed by atoms with Gasteiger partial charge in [-0.1, -0.05) is 0 Å². The van der Waals surface area contributed by atoms with Crippen LogP contribution in [0.3, 0.4) is 0 Å². The van der Waals surface area contributed by atoms with Crippen LogP contribution in [0.25, 0.3) is 0 Å². The fourth-order valence-electron chi connectivity index (χ4n) is 1.18. The van der Waals surface area contributed by atoms with E-state index in [9.17, 15) is 12.8 Å². The van der Waals surface area contributed by atoms with Gasteiger partial charge in [0.15, 0.2) is 0 Å². The number of rotatable bonds is 2. The van der Waals surface area contributed by atoms with E-state index in [1.54, 1.807) is 0 Å². The highest BCUT2D eigenvalue weighted by molar-refractivity contribution is 7.89. The van der Waals surface area contributed by atoms with Crippen LogP contribution in [0, 0.1) is 19.7 Å². The summed E-state index contributed by atoms with van der Waals surface area (Å²) in [6.45, 7) is 3.08. The van der Waals surface area contributed by atoms with Crippen molar-refractivity contribution in [2.24, 2.45) is 0 Å².